The number of rotatable bonds is 12. The molecule has 0 aliphatic carbocycles. The second-order valence-corrected chi connectivity index (χ2v) is 5.66. The molecule has 1 radical (unpaired) electrons. The number of carbonyl (C=O) groups is 5. The number of esters is 1. The molecule has 5 N–H and O–H groups in total. The van der Waals surface area contributed by atoms with Gasteiger partial charge in [0.05, 0.1) is 13.5 Å². The van der Waals surface area contributed by atoms with Crippen LogP contribution >= 0.6 is 11.8 Å². The maximum Gasteiger partial charge on any atom is 0.318 e. The van der Waals surface area contributed by atoms with Crippen molar-refractivity contribution in [3.63, 3.8) is 0 Å². The van der Waals surface area contributed by atoms with Crippen molar-refractivity contribution in [1.82, 2.24) is 5.32 Å². The van der Waals surface area contributed by atoms with Crippen molar-refractivity contribution in [3.05, 3.63) is 6.42 Å². The number of carboxylic acids is 2. The molecule has 135 valence electrons. The zero-order valence-electron chi connectivity index (χ0n) is 12.9. The van der Waals surface area contributed by atoms with Crippen molar-refractivity contribution in [3.8, 4) is 0 Å². The molecule has 10 nitrogen and oxygen atoms in total. The molecule has 0 aromatic rings. The van der Waals surface area contributed by atoms with Gasteiger partial charge in [0.2, 0.25) is 11.8 Å². The normalized spacial score (nSPS) is 11.6. The van der Waals surface area contributed by atoms with Gasteiger partial charge in [-0.15, -0.1) is 0 Å². The van der Waals surface area contributed by atoms with Crippen LogP contribution in [0.15, 0.2) is 0 Å². The molecule has 0 fully saturated rings. The van der Waals surface area contributed by atoms with Gasteiger partial charge in [-0.3, -0.25) is 24.0 Å². The highest BCUT2D eigenvalue weighted by molar-refractivity contribution is 7.99. The van der Waals surface area contributed by atoms with E-state index in [0.717, 1.165) is 7.11 Å². The average molecular weight is 363 g/mol. The number of hydrogen-bond donors (Lipinski definition) is 4. The van der Waals surface area contributed by atoms with Gasteiger partial charge in [0.25, 0.3) is 0 Å². The van der Waals surface area contributed by atoms with Crippen LogP contribution in [0.3, 0.4) is 0 Å². The number of nitrogens with two attached hydrogens (primary N) is 1. The number of methoxy groups -OCH3 is 1. The standard InChI is InChI=1S/C13H19N2O8S/c1-23-13(22)7(6-8(11(18)19)12(20)21)10(17)15-3-5-24-4-2-9(14)16/h2,7-8H,3-6H2,1H3,(H2,14,16)(H,15,17)(H,18,19)(H,20,21). The topological polar surface area (TPSA) is 173 Å². The Balaban J connectivity index is 4.56. The predicted molar refractivity (Wildman–Crippen MR) is 82.7 cm³/mol. The maximum atomic E-state index is 12.0. The SMILES string of the molecule is COC(=O)C(CC(C(=O)O)C(=O)O)C(=O)NCCSC[CH]C(N)=O. The van der Waals surface area contributed by atoms with Crippen molar-refractivity contribution in [2.24, 2.45) is 17.6 Å². The van der Waals surface area contributed by atoms with Crippen LogP contribution in [0.4, 0.5) is 0 Å². The van der Waals surface area contributed by atoms with E-state index in [0.29, 0.717) is 11.5 Å². The Morgan fingerprint density at radius 1 is 1.17 bits per heavy atom. The zero-order valence-corrected chi connectivity index (χ0v) is 13.7. The summed E-state index contributed by atoms with van der Waals surface area (Å²) in [6.45, 7) is 0.133. The first kappa shape index (κ1) is 21.7. The lowest BCUT2D eigenvalue weighted by atomic mass is 9.93. The fourth-order valence-electron chi connectivity index (χ4n) is 1.59. The Morgan fingerprint density at radius 3 is 2.21 bits per heavy atom. The van der Waals surface area contributed by atoms with Gasteiger partial charge < -0.3 is 26.0 Å². The van der Waals surface area contributed by atoms with E-state index in [1.807, 2.05) is 0 Å². The average Bonchev–Trinajstić information content (AvgIpc) is 2.49. The van der Waals surface area contributed by atoms with E-state index in [2.05, 4.69) is 10.1 Å². The smallest absolute Gasteiger partial charge is 0.318 e. The number of thioether (sulfide) groups is 1. The molecule has 0 aromatic carbocycles. The molecular weight excluding hydrogens is 344 g/mol. The van der Waals surface area contributed by atoms with E-state index in [1.165, 1.54) is 18.2 Å². The minimum Gasteiger partial charge on any atom is -0.481 e. The molecule has 0 aliphatic heterocycles. The lowest BCUT2D eigenvalue weighted by molar-refractivity contribution is -0.157. The third kappa shape index (κ3) is 8.36. The van der Waals surface area contributed by atoms with Crippen LogP contribution < -0.4 is 11.1 Å². The Bertz CT molecular complexity index is 482. The van der Waals surface area contributed by atoms with Gasteiger partial charge in [-0.25, -0.2) is 0 Å². The van der Waals surface area contributed by atoms with Crippen molar-refractivity contribution in [2.45, 2.75) is 6.42 Å². The molecule has 0 aliphatic rings. The van der Waals surface area contributed by atoms with Crippen LogP contribution in [0.1, 0.15) is 6.42 Å². The van der Waals surface area contributed by atoms with Crippen LogP contribution in [0, 0.1) is 18.3 Å². The maximum absolute atomic E-state index is 12.0. The van der Waals surface area contributed by atoms with E-state index in [-0.39, 0.29) is 6.54 Å². The minimum absolute atomic E-state index is 0.133. The third-order valence-electron chi connectivity index (χ3n) is 2.82. The van der Waals surface area contributed by atoms with Gasteiger partial charge in [-0.05, 0) is 6.42 Å². The number of amides is 2. The molecule has 1 unspecified atom stereocenters. The largest absolute Gasteiger partial charge is 0.481 e. The molecule has 1 atom stereocenters. The first-order valence-electron chi connectivity index (χ1n) is 6.72. The third-order valence-corrected chi connectivity index (χ3v) is 3.71. The summed E-state index contributed by atoms with van der Waals surface area (Å²) < 4.78 is 4.42. The fourth-order valence-corrected chi connectivity index (χ4v) is 2.28. The van der Waals surface area contributed by atoms with Gasteiger partial charge in [-0.1, -0.05) is 0 Å². The molecule has 11 heteroatoms. The highest BCUT2D eigenvalue weighted by atomic mass is 32.2. The summed E-state index contributed by atoms with van der Waals surface area (Å²) in [4.78, 5) is 55.9. The quantitative estimate of drug-likeness (QED) is 0.182. The molecule has 0 bridgehead atoms. The molecule has 2 amide bonds. The molecule has 0 saturated carbocycles. The number of carbonyl (C=O) groups excluding carboxylic acids is 3. The highest BCUT2D eigenvalue weighted by Gasteiger charge is 2.36. The second kappa shape index (κ2) is 11.3. The van der Waals surface area contributed by atoms with E-state index in [4.69, 9.17) is 15.9 Å². The van der Waals surface area contributed by atoms with Crippen LogP contribution in [0.25, 0.3) is 0 Å². The Labute approximate surface area is 142 Å². The number of primary amides is 1. The summed E-state index contributed by atoms with van der Waals surface area (Å²) in [5.74, 6) is -8.40. The van der Waals surface area contributed by atoms with Gasteiger partial charge in [-0.2, -0.15) is 11.8 Å². The summed E-state index contributed by atoms with van der Waals surface area (Å²) in [6.07, 6.45) is 0.541. The highest BCUT2D eigenvalue weighted by Crippen LogP contribution is 2.16. The number of nitrogens with one attached hydrogen (secondary N) is 1. The van der Waals surface area contributed by atoms with Gasteiger partial charge >= 0.3 is 17.9 Å². The van der Waals surface area contributed by atoms with Crippen molar-refractivity contribution >= 4 is 41.5 Å². The molecule has 0 heterocycles. The first-order valence-corrected chi connectivity index (χ1v) is 7.87. The summed E-state index contributed by atoms with van der Waals surface area (Å²) in [5.41, 5.74) is 4.91. The molecular formula is C13H19N2O8S. The van der Waals surface area contributed by atoms with E-state index in [1.54, 1.807) is 0 Å². The number of aliphatic carboxylic acids is 2. The zero-order chi connectivity index (χ0) is 18.7. The summed E-state index contributed by atoms with van der Waals surface area (Å²) in [7, 11) is 1.01. The lowest BCUT2D eigenvalue weighted by Gasteiger charge is -2.16. The minimum atomic E-state index is -1.90. The molecule has 0 spiro atoms. The van der Waals surface area contributed by atoms with Gasteiger partial charge in [0.15, 0.2) is 5.92 Å². The molecule has 0 saturated heterocycles. The molecule has 0 rings (SSSR count). The van der Waals surface area contributed by atoms with Crippen LogP contribution in [0.5, 0.6) is 0 Å². The monoisotopic (exact) mass is 363 g/mol. The predicted octanol–water partition coefficient (Wildman–Crippen LogP) is -1.51. The lowest BCUT2D eigenvalue weighted by Crippen LogP contribution is -2.40. The summed E-state index contributed by atoms with van der Waals surface area (Å²) >= 11 is 1.30. The number of carboxylic acid groups (broad SMARTS) is 2. The number of hydrogen-bond acceptors (Lipinski definition) is 7. The van der Waals surface area contributed by atoms with Crippen molar-refractivity contribution < 1.29 is 38.9 Å². The van der Waals surface area contributed by atoms with E-state index >= 15 is 0 Å². The van der Waals surface area contributed by atoms with Crippen LogP contribution in [-0.2, 0) is 28.7 Å². The summed E-state index contributed by atoms with van der Waals surface area (Å²) in [6, 6.07) is 0. The first-order chi connectivity index (χ1) is 11.2. The van der Waals surface area contributed by atoms with Gasteiger partial charge in [0, 0.05) is 18.1 Å². The molecule has 0 aromatic heterocycles. The van der Waals surface area contributed by atoms with E-state index < -0.39 is 48.0 Å². The van der Waals surface area contributed by atoms with Crippen LogP contribution in [-0.4, -0.2) is 65.1 Å². The van der Waals surface area contributed by atoms with Crippen LogP contribution in [0.2, 0.25) is 0 Å². The van der Waals surface area contributed by atoms with Gasteiger partial charge in [0.1, 0.15) is 5.92 Å². The summed E-state index contributed by atoms with van der Waals surface area (Å²) in [5, 5.41) is 20.1. The Morgan fingerprint density at radius 2 is 1.75 bits per heavy atom. The molecule has 24 heavy (non-hydrogen) atoms. The Kier molecular flexibility index (Phi) is 10.2. The number of ether oxygens (including phenoxy) is 1. The van der Waals surface area contributed by atoms with Crippen molar-refractivity contribution in [2.75, 3.05) is 25.2 Å². The van der Waals surface area contributed by atoms with E-state index in [9.17, 15) is 24.0 Å². The van der Waals surface area contributed by atoms with Crippen molar-refractivity contribution in [1.29, 1.82) is 0 Å². The fraction of sp³-hybridized carbons (Fsp3) is 0.538. The Hall–Kier alpha value is -2.30. The second-order valence-electron chi connectivity index (χ2n) is 4.51.